The third-order valence-electron chi connectivity index (χ3n) is 5.08. The topological polar surface area (TPSA) is 88.8 Å². The van der Waals surface area contributed by atoms with Crippen molar-refractivity contribution in [1.29, 1.82) is 0 Å². The van der Waals surface area contributed by atoms with E-state index in [1.807, 2.05) is 12.1 Å². The molecule has 1 aliphatic heterocycles. The third-order valence-corrected chi connectivity index (χ3v) is 6.36. The molecule has 31 heavy (non-hydrogen) atoms. The molecule has 2 aromatic carbocycles. The van der Waals surface area contributed by atoms with Gasteiger partial charge in [-0.3, -0.25) is 24.7 Å². The lowest BCUT2D eigenvalue weighted by atomic mass is 10.1. The summed E-state index contributed by atoms with van der Waals surface area (Å²) in [5.41, 5.74) is 0.905. The number of rotatable bonds is 7. The van der Waals surface area contributed by atoms with E-state index in [0.717, 1.165) is 49.5 Å². The van der Waals surface area contributed by atoms with Crippen molar-refractivity contribution in [1.82, 2.24) is 9.88 Å². The van der Waals surface area contributed by atoms with E-state index in [0.29, 0.717) is 16.7 Å². The van der Waals surface area contributed by atoms with E-state index in [9.17, 15) is 14.9 Å². The molecule has 1 aliphatic rings. The van der Waals surface area contributed by atoms with Crippen LogP contribution in [0.15, 0.2) is 42.5 Å². The number of carbonyl (C=O) groups excluding carboxylic acids is 1. The number of carbonyl (C=O) groups is 1. The van der Waals surface area contributed by atoms with Gasteiger partial charge in [-0.25, -0.2) is 4.98 Å². The fourth-order valence-corrected chi connectivity index (χ4v) is 4.74. The zero-order valence-corrected chi connectivity index (χ0v) is 18.3. The highest BCUT2D eigenvalue weighted by Gasteiger charge is 2.23. The Morgan fingerprint density at radius 3 is 2.84 bits per heavy atom. The largest absolute Gasteiger partial charge is 0.379 e. The number of benzene rings is 2. The van der Waals surface area contributed by atoms with Crippen LogP contribution in [0.5, 0.6) is 0 Å². The van der Waals surface area contributed by atoms with Gasteiger partial charge in [0.05, 0.1) is 28.4 Å². The summed E-state index contributed by atoms with van der Waals surface area (Å²) < 4.78 is 6.27. The molecule has 0 bridgehead atoms. The average Bonchev–Trinajstić information content (AvgIpc) is 3.20. The van der Waals surface area contributed by atoms with Gasteiger partial charge in [-0.05, 0) is 30.7 Å². The molecule has 0 unspecified atom stereocenters. The molecule has 0 aliphatic carbocycles. The van der Waals surface area contributed by atoms with Gasteiger partial charge in [0.1, 0.15) is 0 Å². The Hall–Kier alpha value is -2.59. The summed E-state index contributed by atoms with van der Waals surface area (Å²) in [6, 6.07) is 11.2. The van der Waals surface area contributed by atoms with Gasteiger partial charge in [-0.2, -0.15) is 0 Å². The fraction of sp³-hybridized carbons (Fsp3) is 0.333. The number of nitro groups is 1. The van der Waals surface area contributed by atoms with Crippen molar-refractivity contribution in [2.45, 2.75) is 6.42 Å². The van der Waals surface area contributed by atoms with Crippen molar-refractivity contribution in [2.75, 3.05) is 44.3 Å². The molecule has 4 rings (SSSR count). The lowest BCUT2D eigenvalue weighted by Crippen LogP contribution is -2.39. The van der Waals surface area contributed by atoms with Gasteiger partial charge < -0.3 is 4.74 Å². The van der Waals surface area contributed by atoms with Gasteiger partial charge >= 0.3 is 0 Å². The summed E-state index contributed by atoms with van der Waals surface area (Å²) in [5.74, 6) is -0.309. The van der Waals surface area contributed by atoms with Crippen molar-refractivity contribution in [3.63, 3.8) is 0 Å². The number of nitro benzene ring substituents is 1. The van der Waals surface area contributed by atoms with Crippen LogP contribution in [0.25, 0.3) is 10.2 Å². The highest BCUT2D eigenvalue weighted by atomic mass is 35.5. The molecule has 0 N–H and O–H groups in total. The first-order valence-electron chi connectivity index (χ1n) is 9.94. The molecule has 1 saturated heterocycles. The number of amides is 1. The van der Waals surface area contributed by atoms with Crippen LogP contribution in [0, 0.1) is 10.1 Å². The van der Waals surface area contributed by atoms with Crippen LogP contribution in [-0.2, 0) is 4.74 Å². The molecule has 1 fully saturated rings. The zero-order chi connectivity index (χ0) is 21.8. The molecule has 3 aromatic rings. The van der Waals surface area contributed by atoms with E-state index < -0.39 is 4.92 Å². The Bertz CT molecular complexity index is 1100. The molecule has 162 valence electrons. The maximum atomic E-state index is 13.4. The van der Waals surface area contributed by atoms with Crippen LogP contribution in [0.3, 0.4) is 0 Å². The predicted molar refractivity (Wildman–Crippen MR) is 121 cm³/mol. The number of halogens is 1. The molecule has 10 heteroatoms. The maximum absolute atomic E-state index is 13.4. The maximum Gasteiger partial charge on any atom is 0.270 e. The first-order chi connectivity index (χ1) is 15.0. The quantitative estimate of drug-likeness (QED) is 0.387. The Kier molecular flexibility index (Phi) is 6.77. The standard InChI is InChI=1S/C21H21ClN4O4S/c22-16-5-6-18-19(14-16)31-21(23-18)25(8-2-7-24-9-11-30-12-10-24)20(27)15-3-1-4-17(13-15)26(28)29/h1,3-6,13-14H,2,7-12H2. The highest BCUT2D eigenvalue weighted by molar-refractivity contribution is 7.22. The number of morpholine rings is 1. The molecular formula is C21H21ClN4O4S. The number of non-ortho nitro benzene ring substituents is 1. The number of anilines is 1. The summed E-state index contributed by atoms with van der Waals surface area (Å²) in [7, 11) is 0. The van der Waals surface area contributed by atoms with Crippen molar-refractivity contribution < 1.29 is 14.5 Å². The second-order valence-corrected chi connectivity index (χ2v) is 8.63. The molecule has 0 atom stereocenters. The molecule has 0 saturated carbocycles. The molecule has 8 nitrogen and oxygen atoms in total. The van der Waals surface area contributed by atoms with Gasteiger partial charge in [0.2, 0.25) is 0 Å². The average molecular weight is 461 g/mol. The smallest absolute Gasteiger partial charge is 0.270 e. The number of hydrogen-bond donors (Lipinski definition) is 0. The van der Waals surface area contributed by atoms with Crippen molar-refractivity contribution in [3.8, 4) is 0 Å². The third kappa shape index (κ3) is 5.19. The molecule has 2 heterocycles. The van der Waals surface area contributed by atoms with E-state index in [1.54, 1.807) is 17.0 Å². The van der Waals surface area contributed by atoms with Gasteiger partial charge in [-0.15, -0.1) is 0 Å². The van der Waals surface area contributed by atoms with Crippen molar-refractivity contribution >= 4 is 49.9 Å². The van der Waals surface area contributed by atoms with Crippen LogP contribution in [0.1, 0.15) is 16.8 Å². The van der Waals surface area contributed by atoms with Crippen molar-refractivity contribution in [3.05, 3.63) is 63.2 Å². The van der Waals surface area contributed by atoms with Gasteiger partial charge in [0.15, 0.2) is 5.13 Å². The second-order valence-electron chi connectivity index (χ2n) is 7.18. The second kappa shape index (κ2) is 9.69. The monoisotopic (exact) mass is 460 g/mol. The Morgan fingerprint density at radius 2 is 2.06 bits per heavy atom. The summed E-state index contributed by atoms with van der Waals surface area (Å²) in [5, 5.41) is 12.3. The number of thiazole rings is 1. The normalized spacial score (nSPS) is 14.6. The predicted octanol–water partition coefficient (Wildman–Crippen LogP) is 4.23. The number of ether oxygens (including phenoxy) is 1. The van der Waals surface area contributed by atoms with Crippen LogP contribution in [0.2, 0.25) is 5.02 Å². The van der Waals surface area contributed by atoms with Gasteiger partial charge in [0, 0.05) is 48.9 Å². The van der Waals surface area contributed by atoms with Crippen LogP contribution >= 0.6 is 22.9 Å². The number of nitrogens with zero attached hydrogens (tertiary/aromatic N) is 4. The number of aromatic nitrogens is 1. The van der Waals surface area contributed by atoms with E-state index in [-0.39, 0.29) is 17.2 Å². The Balaban J connectivity index is 1.59. The summed E-state index contributed by atoms with van der Waals surface area (Å²) in [4.78, 5) is 32.5. The van der Waals surface area contributed by atoms with Crippen LogP contribution < -0.4 is 4.90 Å². The summed E-state index contributed by atoms with van der Waals surface area (Å²) in [6.45, 7) is 4.46. The fourth-order valence-electron chi connectivity index (χ4n) is 3.47. The molecule has 0 spiro atoms. The van der Waals surface area contributed by atoms with Crippen LogP contribution in [-0.4, -0.2) is 60.1 Å². The molecular weight excluding hydrogens is 440 g/mol. The van der Waals surface area contributed by atoms with E-state index in [2.05, 4.69) is 9.88 Å². The van der Waals surface area contributed by atoms with E-state index >= 15 is 0 Å². The van der Waals surface area contributed by atoms with Gasteiger partial charge in [-0.1, -0.05) is 29.0 Å². The lowest BCUT2D eigenvalue weighted by molar-refractivity contribution is -0.384. The molecule has 0 radical (unpaired) electrons. The zero-order valence-electron chi connectivity index (χ0n) is 16.7. The summed E-state index contributed by atoms with van der Waals surface area (Å²) >= 11 is 7.48. The first kappa shape index (κ1) is 21.6. The number of fused-ring (bicyclic) bond motifs is 1. The Morgan fingerprint density at radius 1 is 1.26 bits per heavy atom. The highest BCUT2D eigenvalue weighted by Crippen LogP contribution is 2.32. The van der Waals surface area contributed by atoms with E-state index in [1.165, 1.54) is 29.5 Å². The first-order valence-corrected chi connectivity index (χ1v) is 11.1. The minimum absolute atomic E-state index is 0.116. The molecule has 1 amide bonds. The molecule has 1 aromatic heterocycles. The Labute approximate surface area is 188 Å². The lowest BCUT2D eigenvalue weighted by Gasteiger charge is -2.27. The van der Waals surface area contributed by atoms with Crippen molar-refractivity contribution in [2.24, 2.45) is 0 Å². The SMILES string of the molecule is O=C(c1cccc([N+](=O)[O-])c1)N(CCCN1CCOCC1)c1nc2ccc(Cl)cc2s1. The van der Waals surface area contributed by atoms with Crippen LogP contribution in [0.4, 0.5) is 10.8 Å². The van der Waals surface area contributed by atoms with E-state index in [4.69, 9.17) is 16.3 Å². The summed E-state index contributed by atoms with van der Waals surface area (Å²) in [6.07, 6.45) is 0.747. The van der Waals surface area contributed by atoms with Gasteiger partial charge in [0.25, 0.3) is 11.6 Å². The minimum Gasteiger partial charge on any atom is -0.379 e. The minimum atomic E-state index is -0.501. The number of hydrogen-bond acceptors (Lipinski definition) is 7.